The Morgan fingerprint density at radius 1 is 1.33 bits per heavy atom. The summed E-state index contributed by atoms with van der Waals surface area (Å²) in [5, 5.41) is 8.29. The van der Waals surface area contributed by atoms with Gasteiger partial charge in [-0.25, -0.2) is 4.79 Å². The maximum Gasteiger partial charge on any atom is 0.321 e. The van der Waals surface area contributed by atoms with Gasteiger partial charge in [-0.1, -0.05) is 18.5 Å². The molecule has 0 aromatic heterocycles. The number of amides is 3. The van der Waals surface area contributed by atoms with Crippen LogP contribution in [0.2, 0.25) is 5.02 Å². The predicted molar refractivity (Wildman–Crippen MR) is 83.1 cm³/mol. The van der Waals surface area contributed by atoms with Crippen molar-refractivity contribution < 1.29 is 14.3 Å². The van der Waals surface area contributed by atoms with Gasteiger partial charge in [-0.3, -0.25) is 10.1 Å². The highest BCUT2D eigenvalue weighted by atomic mass is 35.5. The van der Waals surface area contributed by atoms with Crippen molar-refractivity contribution in [2.45, 2.75) is 20.3 Å². The van der Waals surface area contributed by atoms with Crippen LogP contribution >= 0.6 is 11.6 Å². The van der Waals surface area contributed by atoms with Gasteiger partial charge in [0.2, 0.25) is 5.91 Å². The summed E-state index contributed by atoms with van der Waals surface area (Å²) >= 11 is 6.00. The first-order chi connectivity index (χ1) is 9.97. The minimum atomic E-state index is -0.497. The van der Waals surface area contributed by atoms with Gasteiger partial charge < -0.3 is 15.4 Å². The highest BCUT2D eigenvalue weighted by Gasteiger charge is 2.10. The number of carbonyl (C=O) groups excluding carboxylic acids is 2. The van der Waals surface area contributed by atoms with E-state index < -0.39 is 11.9 Å². The van der Waals surface area contributed by atoms with Crippen molar-refractivity contribution in [3.63, 3.8) is 0 Å². The molecule has 1 rings (SSSR count). The number of methoxy groups -OCH3 is 1. The van der Waals surface area contributed by atoms with Gasteiger partial charge in [-0.05, 0) is 25.0 Å². The Kier molecular flexibility index (Phi) is 6.81. The summed E-state index contributed by atoms with van der Waals surface area (Å²) < 4.78 is 5.19. The quantitative estimate of drug-likeness (QED) is 0.753. The van der Waals surface area contributed by atoms with Gasteiger partial charge in [0.25, 0.3) is 0 Å². The number of urea groups is 1. The average molecular weight is 314 g/mol. The minimum absolute atomic E-state index is 0.0447. The lowest BCUT2D eigenvalue weighted by Gasteiger charge is -2.13. The summed E-state index contributed by atoms with van der Waals surface area (Å²) in [5.41, 5.74) is 1.50. The zero-order valence-corrected chi connectivity index (χ0v) is 13.1. The van der Waals surface area contributed by atoms with E-state index in [9.17, 15) is 9.59 Å². The topological polar surface area (TPSA) is 79.5 Å². The first-order valence-corrected chi connectivity index (χ1v) is 7.01. The smallest absolute Gasteiger partial charge is 0.321 e. The minimum Gasteiger partial charge on any atom is -0.495 e. The number of benzene rings is 1. The highest BCUT2D eigenvalue weighted by molar-refractivity contribution is 6.31. The first-order valence-electron chi connectivity index (χ1n) is 6.63. The number of carbonyl (C=O) groups is 2. The molecule has 0 fully saturated rings. The molecule has 0 bridgehead atoms. The molecule has 0 saturated carbocycles. The van der Waals surface area contributed by atoms with E-state index in [1.165, 1.54) is 7.11 Å². The molecule has 0 aliphatic rings. The normalized spacial score (nSPS) is 9.90. The molecule has 7 heteroatoms. The van der Waals surface area contributed by atoms with E-state index in [0.717, 1.165) is 12.0 Å². The Balaban J connectivity index is 2.57. The summed E-state index contributed by atoms with van der Waals surface area (Å²) in [6.45, 7) is 4.26. The molecule has 0 spiro atoms. The van der Waals surface area contributed by atoms with Crippen molar-refractivity contribution in [3.05, 3.63) is 22.7 Å². The van der Waals surface area contributed by atoms with Crippen molar-refractivity contribution in [2.24, 2.45) is 0 Å². The molecule has 0 heterocycles. The number of ether oxygens (including phenoxy) is 1. The van der Waals surface area contributed by atoms with E-state index in [4.69, 9.17) is 16.3 Å². The van der Waals surface area contributed by atoms with Crippen molar-refractivity contribution in [2.75, 3.05) is 25.5 Å². The second-order valence-electron chi connectivity index (χ2n) is 4.46. The molecule has 0 saturated heterocycles. The molecule has 21 heavy (non-hydrogen) atoms. The van der Waals surface area contributed by atoms with E-state index in [1.54, 1.807) is 12.1 Å². The van der Waals surface area contributed by atoms with Crippen molar-refractivity contribution in [1.82, 2.24) is 10.6 Å². The van der Waals surface area contributed by atoms with Gasteiger partial charge >= 0.3 is 6.03 Å². The fraction of sp³-hybridized carbons (Fsp3) is 0.429. The fourth-order valence-electron chi connectivity index (χ4n) is 1.60. The summed E-state index contributed by atoms with van der Waals surface area (Å²) in [4.78, 5) is 23.0. The Labute approximate surface area is 129 Å². The molecule has 0 aliphatic heterocycles. The van der Waals surface area contributed by atoms with Crippen LogP contribution in [0.5, 0.6) is 5.75 Å². The average Bonchev–Trinajstić information content (AvgIpc) is 2.45. The molecule has 0 aliphatic carbocycles. The number of hydrogen-bond donors (Lipinski definition) is 3. The fourth-order valence-corrected chi connectivity index (χ4v) is 1.75. The standard InChI is InChI=1S/C14H20ClN3O3/c1-4-5-16-14(20)18-13(19)8-17-11-6-9(2)10(15)7-12(11)21-3/h6-7,17H,4-5,8H2,1-3H3,(H2,16,18,19,20). The third-order valence-corrected chi connectivity index (χ3v) is 3.12. The molecule has 0 unspecified atom stereocenters. The third kappa shape index (κ3) is 5.51. The second kappa shape index (κ2) is 8.36. The largest absolute Gasteiger partial charge is 0.495 e. The number of halogens is 1. The molecule has 3 N–H and O–H groups in total. The van der Waals surface area contributed by atoms with Gasteiger partial charge in [-0.2, -0.15) is 0 Å². The lowest BCUT2D eigenvalue weighted by molar-refractivity contribution is -0.118. The van der Waals surface area contributed by atoms with Crippen molar-refractivity contribution in [3.8, 4) is 5.75 Å². The van der Waals surface area contributed by atoms with Crippen LogP contribution in [0.1, 0.15) is 18.9 Å². The monoisotopic (exact) mass is 313 g/mol. The Morgan fingerprint density at radius 2 is 2.05 bits per heavy atom. The Morgan fingerprint density at radius 3 is 2.67 bits per heavy atom. The SMILES string of the molecule is CCCNC(=O)NC(=O)CNc1cc(C)c(Cl)cc1OC. The van der Waals surface area contributed by atoms with Crippen molar-refractivity contribution >= 4 is 29.2 Å². The van der Waals surface area contributed by atoms with Crippen LogP contribution in [0.4, 0.5) is 10.5 Å². The lowest BCUT2D eigenvalue weighted by atomic mass is 10.2. The third-order valence-electron chi connectivity index (χ3n) is 2.71. The summed E-state index contributed by atoms with van der Waals surface area (Å²) in [6.07, 6.45) is 0.807. The van der Waals surface area contributed by atoms with E-state index >= 15 is 0 Å². The lowest BCUT2D eigenvalue weighted by Crippen LogP contribution is -2.42. The molecule has 116 valence electrons. The van der Waals surface area contributed by atoms with Gasteiger partial charge in [0, 0.05) is 17.6 Å². The van der Waals surface area contributed by atoms with Crippen LogP contribution in [0.25, 0.3) is 0 Å². The maximum absolute atomic E-state index is 11.6. The molecule has 1 aromatic carbocycles. The zero-order valence-electron chi connectivity index (χ0n) is 12.4. The predicted octanol–water partition coefficient (Wildman–Crippen LogP) is 2.30. The van der Waals surface area contributed by atoms with Crippen LogP contribution in [0, 0.1) is 6.92 Å². The van der Waals surface area contributed by atoms with Crippen LogP contribution in [0.3, 0.4) is 0 Å². The number of anilines is 1. The number of imide groups is 1. The second-order valence-corrected chi connectivity index (χ2v) is 4.87. The van der Waals surface area contributed by atoms with E-state index in [-0.39, 0.29) is 6.54 Å². The number of nitrogens with one attached hydrogen (secondary N) is 3. The maximum atomic E-state index is 11.6. The zero-order chi connectivity index (χ0) is 15.8. The number of rotatable bonds is 6. The molecule has 6 nitrogen and oxygen atoms in total. The molecule has 3 amide bonds. The molecule has 0 atom stereocenters. The van der Waals surface area contributed by atoms with E-state index in [2.05, 4.69) is 16.0 Å². The van der Waals surface area contributed by atoms with Gasteiger partial charge in [-0.15, -0.1) is 0 Å². The highest BCUT2D eigenvalue weighted by Crippen LogP contribution is 2.30. The first kappa shape index (κ1) is 17.1. The van der Waals surface area contributed by atoms with Gasteiger partial charge in [0.1, 0.15) is 5.75 Å². The summed E-state index contributed by atoms with van der Waals surface area (Å²) in [5.74, 6) is 0.104. The van der Waals surface area contributed by atoms with E-state index in [0.29, 0.717) is 23.0 Å². The van der Waals surface area contributed by atoms with Crippen LogP contribution in [-0.4, -0.2) is 32.1 Å². The summed E-state index contributed by atoms with van der Waals surface area (Å²) in [7, 11) is 1.52. The van der Waals surface area contributed by atoms with Crippen molar-refractivity contribution in [1.29, 1.82) is 0 Å². The van der Waals surface area contributed by atoms with E-state index in [1.807, 2.05) is 13.8 Å². The number of aryl methyl sites for hydroxylation is 1. The molecule has 0 radical (unpaired) electrons. The van der Waals surface area contributed by atoms with Gasteiger partial charge in [0.05, 0.1) is 19.3 Å². The number of hydrogen-bond acceptors (Lipinski definition) is 4. The van der Waals surface area contributed by atoms with Crippen LogP contribution in [-0.2, 0) is 4.79 Å². The van der Waals surface area contributed by atoms with Gasteiger partial charge in [0.15, 0.2) is 0 Å². The molecular weight excluding hydrogens is 294 g/mol. The summed E-state index contributed by atoms with van der Waals surface area (Å²) in [6, 6.07) is 2.96. The Bertz CT molecular complexity index is 520. The molecule has 1 aromatic rings. The van der Waals surface area contributed by atoms with Crippen LogP contribution < -0.4 is 20.7 Å². The molecular formula is C14H20ClN3O3. The van der Waals surface area contributed by atoms with Crippen LogP contribution in [0.15, 0.2) is 12.1 Å². The Hall–Kier alpha value is -1.95.